The Labute approximate surface area is 196 Å². The summed E-state index contributed by atoms with van der Waals surface area (Å²) in [6, 6.07) is 27.1. The fraction of sp³-hybridized carbons (Fsp3) is 0.0357. The van der Waals surface area contributed by atoms with Crippen LogP contribution < -0.4 is 10.1 Å². The molecule has 0 amide bonds. The number of aliphatic hydroxyl groups excluding tert-OH is 1. The van der Waals surface area contributed by atoms with Crippen LogP contribution in [0.25, 0.3) is 22.0 Å². The number of nitrogens with zero attached hydrogens (tertiary/aromatic N) is 3. The fourth-order valence-electron chi connectivity index (χ4n) is 3.73. The first-order chi connectivity index (χ1) is 16.7. The molecule has 34 heavy (non-hydrogen) atoms. The average molecular weight is 444 g/mol. The van der Waals surface area contributed by atoms with Gasteiger partial charge in [0.05, 0.1) is 23.4 Å². The van der Waals surface area contributed by atoms with Crippen molar-refractivity contribution in [1.29, 1.82) is 5.26 Å². The van der Waals surface area contributed by atoms with Crippen LogP contribution in [0.15, 0.2) is 97.5 Å². The molecular weight excluding hydrogens is 424 g/mol. The van der Waals surface area contributed by atoms with Crippen LogP contribution in [0.3, 0.4) is 0 Å². The molecule has 0 aliphatic carbocycles. The van der Waals surface area contributed by atoms with Crippen molar-refractivity contribution < 1.29 is 9.84 Å². The van der Waals surface area contributed by atoms with E-state index in [1.165, 1.54) is 0 Å². The summed E-state index contributed by atoms with van der Waals surface area (Å²) in [7, 11) is 0. The van der Waals surface area contributed by atoms with Gasteiger partial charge in [-0.3, -0.25) is 9.97 Å². The number of fused-ring (bicyclic) bond motifs is 1. The third-order valence-corrected chi connectivity index (χ3v) is 5.44. The Hall–Kier alpha value is -4.73. The summed E-state index contributed by atoms with van der Waals surface area (Å²) in [5, 5.41) is 23.5. The molecule has 0 atom stereocenters. The van der Waals surface area contributed by atoms with E-state index in [0.717, 1.165) is 33.3 Å². The molecule has 0 fully saturated rings. The first-order valence-electron chi connectivity index (χ1n) is 10.7. The predicted octanol–water partition coefficient (Wildman–Crippen LogP) is 6.20. The van der Waals surface area contributed by atoms with E-state index in [1.807, 2.05) is 66.7 Å². The average Bonchev–Trinajstić information content (AvgIpc) is 2.90. The number of pyridine rings is 2. The van der Waals surface area contributed by atoms with Crippen molar-refractivity contribution in [2.75, 3.05) is 5.32 Å². The number of rotatable bonds is 6. The number of hydrogen-bond acceptors (Lipinski definition) is 6. The van der Waals surface area contributed by atoms with Crippen LogP contribution >= 0.6 is 0 Å². The SMILES string of the molecule is N#Cc1cnc2ccc(-c3cccc(CO)c3)cc2c1Nc1ccc(Oc2ccncc2)cc1. The molecule has 5 rings (SSSR count). The second-order valence-electron chi connectivity index (χ2n) is 7.68. The molecular formula is C28H20N4O2. The number of benzene rings is 3. The summed E-state index contributed by atoms with van der Waals surface area (Å²) >= 11 is 0. The number of aliphatic hydroxyl groups is 1. The van der Waals surface area contributed by atoms with Gasteiger partial charge in [0.25, 0.3) is 0 Å². The second-order valence-corrected chi connectivity index (χ2v) is 7.68. The van der Waals surface area contributed by atoms with Gasteiger partial charge in [-0.2, -0.15) is 5.26 Å². The monoisotopic (exact) mass is 444 g/mol. The van der Waals surface area contributed by atoms with E-state index in [-0.39, 0.29) is 6.61 Å². The van der Waals surface area contributed by atoms with E-state index < -0.39 is 0 Å². The smallest absolute Gasteiger partial charge is 0.130 e. The highest BCUT2D eigenvalue weighted by Crippen LogP contribution is 2.33. The molecule has 0 radical (unpaired) electrons. The molecule has 3 aromatic carbocycles. The van der Waals surface area contributed by atoms with Crippen molar-refractivity contribution >= 4 is 22.3 Å². The van der Waals surface area contributed by atoms with Crippen LogP contribution in [-0.2, 0) is 6.61 Å². The van der Waals surface area contributed by atoms with Crippen molar-refractivity contribution in [2.45, 2.75) is 6.61 Å². The van der Waals surface area contributed by atoms with Gasteiger partial charge in [-0.25, -0.2) is 0 Å². The molecule has 6 nitrogen and oxygen atoms in total. The highest BCUT2D eigenvalue weighted by Gasteiger charge is 2.11. The zero-order valence-corrected chi connectivity index (χ0v) is 18.1. The molecule has 0 saturated carbocycles. The Bertz CT molecular complexity index is 1490. The molecule has 164 valence electrons. The zero-order chi connectivity index (χ0) is 23.3. The molecule has 6 heteroatoms. The van der Waals surface area contributed by atoms with E-state index in [1.54, 1.807) is 30.7 Å². The third kappa shape index (κ3) is 4.42. The van der Waals surface area contributed by atoms with Gasteiger partial charge in [0.1, 0.15) is 17.6 Å². The highest BCUT2D eigenvalue weighted by molar-refractivity contribution is 5.98. The molecule has 2 aromatic heterocycles. The number of nitrogens with one attached hydrogen (secondary N) is 1. The van der Waals surface area contributed by atoms with E-state index in [0.29, 0.717) is 22.7 Å². The minimum atomic E-state index is -0.0186. The van der Waals surface area contributed by atoms with Crippen LogP contribution in [0, 0.1) is 11.3 Å². The molecule has 0 saturated heterocycles. The quantitative estimate of drug-likeness (QED) is 0.324. The third-order valence-electron chi connectivity index (χ3n) is 5.44. The van der Waals surface area contributed by atoms with Gasteiger partial charge in [0.15, 0.2) is 0 Å². The summed E-state index contributed by atoms with van der Waals surface area (Å²) in [6.07, 6.45) is 4.94. The lowest BCUT2D eigenvalue weighted by Crippen LogP contribution is -1.97. The van der Waals surface area contributed by atoms with Crippen molar-refractivity contribution in [3.63, 3.8) is 0 Å². The van der Waals surface area contributed by atoms with E-state index in [4.69, 9.17) is 4.74 Å². The van der Waals surface area contributed by atoms with Crippen molar-refractivity contribution in [3.8, 4) is 28.7 Å². The van der Waals surface area contributed by atoms with Crippen LogP contribution in [0.1, 0.15) is 11.1 Å². The van der Waals surface area contributed by atoms with Gasteiger partial charge in [-0.1, -0.05) is 24.3 Å². The molecule has 0 aliphatic rings. The van der Waals surface area contributed by atoms with Gasteiger partial charge in [0.2, 0.25) is 0 Å². The lowest BCUT2D eigenvalue weighted by atomic mass is 10.00. The normalized spacial score (nSPS) is 10.6. The second kappa shape index (κ2) is 9.41. The lowest BCUT2D eigenvalue weighted by molar-refractivity contribution is 0.282. The highest BCUT2D eigenvalue weighted by atomic mass is 16.5. The lowest BCUT2D eigenvalue weighted by Gasteiger charge is -2.13. The van der Waals surface area contributed by atoms with E-state index in [2.05, 4.69) is 21.4 Å². The Morgan fingerprint density at radius 3 is 2.41 bits per heavy atom. The summed E-state index contributed by atoms with van der Waals surface area (Å²) < 4.78 is 5.83. The topological polar surface area (TPSA) is 91.1 Å². The van der Waals surface area contributed by atoms with Gasteiger partial charge < -0.3 is 15.2 Å². The first-order valence-corrected chi connectivity index (χ1v) is 10.7. The Balaban J connectivity index is 1.49. The van der Waals surface area contributed by atoms with Crippen molar-refractivity contribution in [2.24, 2.45) is 0 Å². The first kappa shape index (κ1) is 21.1. The molecule has 2 N–H and O–H groups in total. The maximum absolute atomic E-state index is 9.74. The maximum atomic E-state index is 9.74. The zero-order valence-electron chi connectivity index (χ0n) is 18.1. The van der Waals surface area contributed by atoms with Gasteiger partial charge >= 0.3 is 0 Å². The Kier molecular flexibility index (Phi) is 5.85. The number of anilines is 2. The summed E-state index contributed by atoms with van der Waals surface area (Å²) in [5.41, 5.74) is 5.54. The minimum absolute atomic E-state index is 0.0186. The molecule has 0 bridgehead atoms. The number of hydrogen-bond donors (Lipinski definition) is 2. The Morgan fingerprint density at radius 2 is 1.65 bits per heavy atom. The predicted molar refractivity (Wildman–Crippen MR) is 132 cm³/mol. The van der Waals surface area contributed by atoms with E-state index in [9.17, 15) is 10.4 Å². The standard InChI is InChI=1S/C28H20N4O2/c29-16-22-17-31-27-9-4-21(20-3-1-2-19(14-20)18-33)15-26(27)28(22)32-23-5-7-24(8-6-23)34-25-10-12-30-13-11-25/h1-15,17,33H,18H2,(H,31,32). The minimum Gasteiger partial charge on any atom is -0.457 e. The van der Waals surface area contributed by atoms with Crippen LogP contribution in [0.2, 0.25) is 0 Å². The molecule has 0 aliphatic heterocycles. The molecule has 0 unspecified atom stereocenters. The molecule has 0 spiro atoms. The van der Waals surface area contributed by atoms with Crippen molar-refractivity contribution in [1.82, 2.24) is 9.97 Å². The molecule has 5 aromatic rings. The largest absolute Gasteiger partial charge is 0.457 e. The number of aromatic nitrogens is 2. The van der Waals surface area contributed by atoms with Crippen LogP contribution in [-0.4, -0.2) is 15.1 Å². The fourth-order valence-corrected chi connectivity index (χ4v) is 3.73. The van der Waals surface area contributed by atoms with Crippen LogP contribution in [0.5, 0.6) is 11.5 Å². The van der Waals surface area contributed by atoms with Crippen molar-refractivity contribution in [3.05, 3.63) is 109 Å². The maximum Gasteiger partial charge on any atom is 0.130 e. The summed E-state index contributed by atoms with van der Waals surface area (Å²) in [4.78, 5) is 8.45. The van der Waals surface area contributed by atoms with Gasteiger partial charge in [-0.15, -0.1) is 0 Å². The Morgan fingerprint density at radius 1 is 0.882 bits per heavy atom. The van der Waals surface area contributed by atoms with E-state index >= 15 is 0 Å². The number of ether oxygens (including phenoxy) is 1. The van der Waals surface area contributed by atoms with Gasteiger partial charge in [-0.05, 0) is 71.3 Å². The molecule has 2 heterocycles. The van der Waals surface area contributed by atoms with Crippen LogP contribution in [0.4, 0.5) is 11.4 Å². The summed E-state index contributed by atoms with van der Waals surface area (Å²) in [5.74, 6) is 1.41. The summed E-state index contributed by atoms with van der Waals surface area (Å²) in [6.45, 7) is -0.0186. The number of nitriles is 1. The van der Waals surface area contributed by atoms with Gasteiger partial charge in [0, 0.05) is 29.7 Å².